The first-order chi connectivity index (χ1) is 6.09. The highest BCUT2D eigenvalue weighted by Gasteiger charge is 2.00. The van der Waals surface area contributed by atoms with Gasteiger partial charge in [0.05, 0.1) is 6.10 Å². The van der Waals surface area contributed by atoms with Gasteiger partial charge in [0.1, 0.15) is 0 Å². The van der Waals surface area contributed by atoms with Crippen molar-refractivity contribution in [2.75, 3.05) is 0 Å². The lowest BCUT2D eigenvalue weighted by atomic mass is 10.0. The van der Waals surface area contributed by atoms with Gasteiger partial charge in [-0.15, -0.1) is 0 Å². The maximum atomic E-state index is 9.16. The number of hydrogen-bond acceptors (Lipinski definition) is 1. The predicted molar refractivity (Wildman–Crippen MR) is 55.9 cm³/mol. The van der Waals surface area contributed by atoms with Gasteiger partial charge < -0.3 is 5.11 Å². The summed E-state index contributed by atoms with van der Waals surface area (Å²) in [6.07, 6.45) is 1.63. The molecule has 0 radical (unpaired) electrons. The van der Waals surface area contributed by atoms with E-state index in [1.807, 2.05) is 6.92 Å². The summed E-state index contributed by atoms with van der Waals surface area (Å²) in [6, 6.07) is 6.48. The maximum absolute atomic E-state index is 9.16. The van der Waals surface area contributed by atoms with Crippen molar-refractivity contribution < 1.29 is 5.11 Å². The Morgan fingerprint density at radius 3 is 2.54 bits per heavy atom. The topological polar surface area (TPSA) is 20.2 Å². The summed E-state index contributed by atoms with van der Waals surface area (Å²) in [5, 5.41) is 9.16. The number of rotatable bonds is 3. The van der Waals surface area contributed by atoms with Crippen LogP contribution in [0.15, 0.2) is 18.2 Å². The summed E-state index contributed by atoms with van der Waals surface area (Å²) < 4.78 is 0. The van der Waals surface area contributed by atoms with Crippen LogP contribution in [-0.4, -0.2) is 11.2 Å². The maximum Gasteiger partial charge on any atom is 0.0515 e. The molecule has 1 rings (SSSR count). The lowest BCUT2D eigenvalue weighted by Gasteiger charge is -2.07. The third-order valence-corrected chi connectivity index (χ3v) is 2.33. The van der Waals surface area contributed by atoms with Crippen LogP contribution in [0.25, 0.3) is 0 Å². The third-order valence-electron chi connectivity index (χ3n) is 2.33. The highest BCUT2D eigenvalue weighted by molar-refractivity contribution is 5.30. The van der Waals surface area contributed by atoms with Crippen LogP contribution >= 0.6 is 0 Å². The molecule has 1 nitrogen and oxygen atoms in total. The Kier molecular flexibility index (Phi) is 3.49. The molecule has 1 atom stereocenters. The van der Waals surface area contributed by atoms with Crippen molar-refractivity contribution in [2.24, 2.45) is 0 Å². The van der Waals surface area contributed by atoms with Crippen LogP contribution in [0.1, 0.15) is 30.0 Å². The van der Waals surface area contributed by atoms with E-state index in [1.165, 1.54) is 16.7 Å². The summed E-state index contributed by atoms with van der Waals surface area (Å²) in [4.78, 5) is 0. The smallest absolute Gasteiger partial charge is 0.0515 e. The van der Waals surface area contributed by atoms with E-state index in [2.05, 4.69) is 32.0 Å². The Labute approximate surface area is 80.4 Å². The largest absolute Gasteiger partial charge is 0.393 e. The molecular formula is C12H18O. The minimum atomic E-state index is -0.194. The summed E-state index contributed by atoms with van der Waals surface area (Å²) >= 11 is 0. The van der Waals surface area contributed by atoms with Crippen LogP contribution in [0.4, 0.5) is 0 Å². The van der Waals surface area contributed by atoms with E-state index < -0.39 is 0 Å². The molecule has 0 aliphatic carbocycles. The van der Waals surface area contributed by atoms with Crippen molar-refractivity contribution in [3.63, 3.8) is 0 Å². The second-order valence-electron chi connectivity index (χ2n) is 3.82. The van der Waals surface area contributed by atoms with Gasteiger partial charge in [-0.25, -0.2) is 0 Å². The van der Waals surface area contributed by atoms with Gasteiger partial charge in [0.2, 0.25) is 0 Å². The van der Waals surface area contributed by atoms with Crippen LogP contribution in [0, 0.1) is 13.8 Å². The average Bonchev–Trinajstić information content (AvgIpc) is 2.02. The predicted octanol–water partition coefficient (Wildman–Crippen LogP) is 2.62. The molecule has 1 aromatic carbocycles. The molecule has 0 aliphatic heterocycles. The molecule has 0 heterocycles. The van der Waals surface area contributed by atoms with Gasteiger partial charge >= 0.3 is 0 Å². The Morgan fingerprint density at radius 1 is 1.31 bits per heavy atom. The van der Waals surface area contributed by atoms with Crippen molar-refractivity contribution >= 4 is 0 Å². The highest BCUT2D eigenvalue weighted by Crippen LogP contribution is 2.13. The average molecular weight is 178 g/mol. The molecule has 0 spiro atoms. The van der Waals surface area contributed by atoms with Crippen molar-refractivity contribution in [2.45, 2.75) is 39.7 Å². The minimum absolute atomic E-state index is 0.194. The first-order valence-electron chi connectivity index (χ1n) is 4.84. The number of aliphatic hydroxyl groups excluding tert-OH is 1. The fraction of sp³-hybridized carbons (Fsp3) is 0.500. The van der Waals surface area contributed by atoms with E-state index in [-0.39, 0.29) is 6.10 Å². The number of aliphatic hydroxyl groups is 1. The Morgan fingerprint density at radius 2 is 2.00 bits per heavy atom. The summed E-state index contributed by atoms with van der Waals surface area (Å²) in [6.45, 7) is 6.07. The first-order valence-corrected chi connectivity index (χ1v) is 4.84. The van der Waals surface area contributed by atoms with E-state index in [9.17, 15) is 0 Å². The third kappa shape index (κ3) is 3.19. The second kappa shape index (κ2) is 4.43. The highest BCUT2D eigenvalue weighted by atomic mass is 16.3. The zero-order chi connectivity index (χ0) is 9.84. The quantitative estimate of drug-likeness (QED) is 0.754. The fourth-order valence-electron chi connectivity index (χ4n) is 1.49. The van der Waals surface area contributed by atoms with Gasteiger partial charge in [0.25, 0.3) is 0 Å². The molecule has 0 aliphatic rings. The molecule has 1 aromatic rings. The van der Waals surface area contributed by atoms with Crippen LogP contribution in [0.5, 0.6) is 0 Å². The van der Waals surface area contributed by atoms with Crippen LogP contribution < -0.4 is 0 Å². The van der Waals surface area contributed by atoms with Gasteiger partial charge in [0.15, 0.2) is 0 Å². The van der Waals surface area contributed by atoms with Crippen molar-refractivity contribution in [3.8, 4) is 0 Å². The van der Waals surface area contributed by atoms with E-state index in [0.29, 0.717) is 0 Å². The van der Waals surface area contributed by atoms with Crippen LogP contribution in [-0.2, 0) is 6.42 Å². The van der Waals surface area contributed by atoms with Gasteiger partial charge in [-0.1, -0.05) is 23.8 Å². The lowest BCUT2D eigenvalue weighted by molar-refractivity contribution is 0.185. The van der Waals surface area contributed by atoms with Gasteiger partial charge in [0, 0.05) is 0 Å². The van der Waals surface area contributed by atoms with E-state index in [0.717, 1.165) is 12.8 Å². The SMILES string of the molecule is Cc1ccc(CC[C@@H](C)O)c(C)c1. The summed E-state index contributed by atoms with van der Waals surface area (Å²) in [7, 11) is 0. The zero-order valence-electron chi connectivity index (χ0n) is 8.67. The van der Waals surface area contributed by atoms with Gasteiger partial charge in [-0.05, 0) is 44.7 Å². The molecule has 0 saturated carbocycles. The Bertz CT molecular complexity index is 276. The Hall–Kier alpha value is -0.820. The minimum Gasteiger partial charge on any atom is -0.393 e. The first kappa shape index (κ1) is 10.3. The fourth-order valence-corrected chi connectivity index (χ4v) is 1.49. The normalized spacial score (nSPS) is 12.9. The lowest BCUT2D eigenvalue weighted by Crippen LogP contribution is -2.02. The molecule has 1 N–H and O–H groups in total. The summed E-state index contributed by atoms with van der Waals surface area (Å²) in [5.74, 6) is 0. The molecule has 13 heavy (non-hydrogen) atoms. The number of benzene rings is 1. The van der Waals surface area contributed by atoms with Crippen LogP contribution in [0.2, 0.25) is 0 Å². The molecule has 0 saturated heterocycles. The second-order valence-corrected chi connectivity index (χ2v) is 3.82. The number of aryl methyl sites for hydroxylation is 3. The molecule has 0 unspecified atom stereocenters. The monoisotopic (exact) mass is 178 g/mol. The number of hydrogen-bond donors (Lipinski definition) is 1. The van der Waals surface area contributed by atoms with Crippen molar-refractivity contribution in [1.82, 2.24) is 0 Å². The Balaban J connectivity index is 2.67. The standard InChI is InChI=1S/C12H18O/c1-9-4-6-12(10(2)8-9)7-5-11(3)13/h4,6,8,11,13H,5,7H2,1-3H3/t11-/m1/s1. The molecular weight excluding hydrogens is 160 g/mol. The molecule has 0 bridgehead atoms. The molecule has 72 valence electrons. The molecule has 0 aromatic heterocycles. The van der Waals surface area contributed by atoms with E-state index in [4.69, 9.17) is 5.11 Å². The van der Waals surface area contributed by atoms with Gasteiger partial charge in [-0.2, -0.15) is 0 Å². The van der Waals surface area contributed by atoms with Gasteiger partial charge in [-0.3, -0.25) is 0 Å². The summed E-state index contributed by atoms with van der Waals surface area (Å²) in [5.41, 5.74) is 3.99. The van der Waals surface area contributed by atoms with Crippen LogP contribution in [0.3, 0.4) is 0 Å². The molecule has 0 amide bonds. The van der Waals surface area contributed by atoms with Crippen molar-refractivity contribution in [1.29, 1.82) is 0 Å². The molecule has 1 heteroatoms. The van der Waals surface area contributed by atoms with Crippen molar-refractivity contribution in [3.05, 3.63) is 34.9 Å². The van der Waals surface area contributed by atoms with E-state index >= 15 is 0 Å². The molecule has 0 fully saturated rings. The van der Waals surface area contributed by atoms with E-state index in [1.54, 1.807) is 0 Å². The zero-order valence-corrected chi connectivity index (χ0v) is 8.67.